The Balaban J connectivity index is 2.22. The van der Waals surface area contributed by atoms with Gasteiger partial charge < -0.3 is 16.2 Å². The molecule has 0 atom stereocenters. The number of amides is 2. The average Bonchev–Trinajstić information content (AvgIpc) is 2.47. The first-order valence-electron chi connectivity index (χ1n) is 6.02. The molecule has 0 aliphatic heterocycles. The Morgan fingerprint density at radius 1 is 0.905 bits per heavy atom. The number of anilines is 1. The molecule has 0 bridgehead atoms. The Labute approximate surface area is 120 Å². The molecule has 2 amide bonds. The summed E-state index contributed by atoms with van der Waals surface area (Å²) in [6, 6.07) is 11.8. The van der Waals surface area contributed by atoms with Gasteiger partial charge in [-0.25, -0.2) is 4.79 Å². The van der Waals surface area contributed by atoms with Crippen LogP contribution >= 0.6 is 0 Å². The van der Waals surface area contributed by atoms with Crippen LogP contribution in [0.5, 0.6) is 0 Å². The number of nitrogens with one attached hydrogen (secondary N) is 1. The zero-order valence-electron chi connectivity index (χ0n) is 10.9. The van der Waals surface area contributed by atoms with Gasteiger partial charge >= 0.3 is 5.97 Å². The summed E-state index contributed by atoms with van der Waals surface area (Å²) in [7, 11) is 0. The maximum atomic E-state index is 12.0. The molecule has 0 saturated heterocycles. The summed E-state index contributed by atoms with van der Waals surface area (Å²) in [5.41, 5.74) is 5.90. The summed E-state index contributed by atoms with van der Waals surface area (Å²) >= 11 is 0. The molecule has 0 heterocycles. The molecule has 6 nitrogen and oxygen atoms in total. The van der Waals surface area contributed by atoms with E-state index in [1.807, 2.05) is 0 Å². The molecule has 106 valence electrons. The van der Waals surface area contributed by atoms with Crippen LogP contribution in [0.15, 0.2) is 48.5 Å². The van der Waals surface area contributed by atoms with Crippen molar-refractivity contribution in [3.05, 3.63) is 65.2 Å². The lowest BCUT2D eigenvalue weighted by molar-refractivity contribution is 0.0697. The van der Waals surface area contributed by atoms with Crippen molar-refractivity contribution >= 4 is 23.5 Å². The van der Waals surface area contributed by atoms with Crippen molar-refractivity contribution < 1.29 is 19.5 Å². The number of nitrogens with two attached hydrogens (primary N) is 1. The van der Waals surface area contributed by atoms with Gasteiger partial charge in [0.05, 0.1) is 11.3 Å². The summed E-state index contributed by atoms with van der Waals surface area (Å²) in [5.74, 6) is -2.19. The molecule has 6 heteroatoms. The van der Waals surface area contributed by atoms with Crippen LogP contribution in [0.3, 0.4) is 0 Å². The molecular weight excluding hydrogens is 272 g/mol. The Morgan fingerprint density at radius 3 is 2.05 bits per heavy atom. The van der Waals surface area contributed by atoms with E-state index >= 15 is 0 Å². The van der Waals surface area contributed by atoms with Crippen molar-refractivity contribution in [2.45, 2.75) is 0 Å². The second-order valence-electron chi connectivity index (χ2n) is 4.25. The van der Waals surface area contributed by atoms with Gasteiger partial charge in [-0.1, -0.05) is 12.1 Å². The molecule has 0 fully saturated rings. The first-order valence-corrected chi connectivity index (χ1v) is 6.02. The quantitative estimate of drug-likeness (QED) is 0.794. The van der Waals surface area contributed by atoms with Crippen LogP contribution in [0, 0.1) is 0 Å². The summed E-state index contributed by atoms with van der Waals surface area (Å²) in [4.78, 5) is 34.1. The molecule has 0 aliphatic carbocycles. The molecule has 0 unspecified atom stereocenters. The maximum Gasteiger partial charge on any atom is 0.337 e. The second kappa shape index (κ2) is 5.87. The van der Waals surface area contributed by atoms with Gasteiger partial charge in [0.1, 0.15) is 0 Å². The molecule has 0 radical (unpaired) electrons. The van der Waals surface area contributed by atoms with Crippen molar-refractivity contribution in [2.75, 3.05) is 5.32 Å². The monoisotopic (exact) mass is 284 g/mol. The van der Waals surface area contributed by atoms with E-state index in [1.165, 1.54) is 36.4 Å². The molecule has 21 heavy (non-hydrogen) atoms. The van der Waals surface area contributed by atoms with Gasteiger partial charge in [0.15, 0.2) is 0 Å². The number of hydrogen-bond acceptors (Lipinski definition) is 3. The Hall–Kier alpha value is -3.15. The molecule has 2 aromatic carbocycles. The lowest BCUT2D eigenvalue weighted by atomic mass is 10.1. The van der Waals surface area contributed by atoms with Gasteiger partial charge in [-0.05, 0) is 36.4 Å². The van der Waals surface area contributed by atoms with E-state index in [0.29, 0.717) is 5.56 Å². The predicted octanol–water partition coefficient (Wildman–Crippen LogP) is 1.74. The summed E-state index contributed by atoms with van der Waals surface area (Å²) in [6.07, 6.45) is 0. The average molecular weight is 284 g/mol. The lowest BCUT2D eigenvalue weighted by Gasteiger charge is -2.08. The third-order valence-electron chi connectivity index (χ3n) is 2.84. The van der Waals surface area contributed by atoms with E-state index in [2.05, 4.69) is 5.32 Å². The first kappa shape index (κ1) is 14.3. The van der Waals surface area contributed by atoms with Crippen molar-refractivity contribution in [1.82, 2.24) is 0 Å². The highest BCUT2D eigenvalue weighted by molar-refractivity contribution is 6.08. The number of hydrogen-bond donors (Lipinski definition) is 3. The highest BCUT2D eigenvalue weighted by Crippen LogP contribution is 2.16. The molecule has 2 aromatic rings. The van der Waals surface area contributed by atoms with Crippen LogP contribution in [-0.2, 0) is 0 Å². The number of carboxylic acid groups (broad SMARTS) is 1. The number of primary amides is 1. The largest absolute Gasteiger partial charge is 0.478 e. The smallest absolute Gasteiger partial charge is 0.337 e. The maximum absolute atomic E-state index is 12.0. The fourth-order valence-corrected chi connectivity index (χ4v) is 1.76. The molecule has 0 spiro atoms. The van der Waals surface area contributed by atoms with Crippen LogP contribution in [0.2, 0.25) is 0 Å². The van der Waals surface area contributed by atoms with Gasteiger partial charge in [-0.15, -0.1) is 0 Å². The highest BCUT2D eigenvalue weighted by atomic mass is 16.4. The van der Waals surface area contributed by atoms with Crippen LogP contribution in [-0.4, -0.2) is 22.9 Å². The van der Waals surface area contributed by atoms with Crippen molar-refractivity contribution in [1.29, 1.82) is 0 Å². The summed E-state index contributed by atoms with van der Waals surface area (Å²) in [5, 5.41) is 11.6. The van der Waals surface area contributed by atoms with Crippen LogP contribution in [0.25, 0.3) is 0 Å². The zero-order chi connectivity index (χ0) is 15.4. The number of para-hydroxylation sites is 1. The van der Waals surface area contributed by atoms with Gasteiger partial charge in [0.25, 0.3) is 5.91 Å². The van der Waals surface area contributed by atoms with Gasteiger partial charge in [0.2, 0.25) is 5.91 Å². The topological polar surface area (TPSA) is 109 Å². The normalized spacial score (nSPS) is 9.90. The molecule has 4 N–H and O–H groups in total. The van der Waals surface area contributed by atoms with Gasteiger partial charge in [-0.2, -0.15) is 0 Å². The van der Waals surface area contributed by atoms with Crippen molar-refractivity contribution in [3.8, 4) is 0 Å². The lowest BCUT2D eigenvalue weighted by Crippen LogP contribution is -2.15. The second-order valence-corrected chi connectivity index (χ2v) is 4.25. The van der Waals surface area contributed by atoms with E-state index in [0.717, 1.165) is 0 Å². The van der Waals surface area contributed by atoms with E-state index in [1.54, 1.807) is 12.1 Å². The predicted molar refractivity (Wildman–Crippen MR) is 76.3 cm³/mol. The minimum Gasteiger partial charge on any atom is -0.478 e. The van der Waals surface area contributed by atoms with Gasteiger partial charge in [-0.3, -0.25) is 9.59 Å². The summed E-state index contributed by atoms with van der Waals surface area (Å²) < 4.78 is 0. The number of aromatic carboxylic acids is 1. The van der Waals surface area contributed by atoms with E-state index in [9.17, 15) is 14.4 Å². The standard InChI is InChI=1S/C15H12N2O4/c16-13(18)9-5-7-10(8-6-9)14(19)17-12-4-2-1-3-11(12)15(20)21/h1-8H,(H2,16,18)(H,17,19)(H,20,21). The number of carboxylic acids is 1. The fraction of sp³-hybridized carbons (Fsp3) is 0. The summed E-state index contributed by atoms with van der Waals surface area (Å²) in [6.45, 7) is 0. The van der Waals surface area contributed by atoms with Crippen LogP contribution < -0.4 is 11.1 Å². The molecule has 0 saturated carbocycles. The van der Waals surface area contributed by atoms with Crippen molar-refractivity contribution in [3.63, 3.8) is 0 Å². The van der Waals surface area contributed by atoms with E-state index in [-0.39, 0.29) is 16.8 Å². The van der Waals surface area contributed by atoms with Gasteiger partial charge in [0, 0.05) is 11.1 Å². The van der Waals surface area contributed by atoms with Crippen LogP contribution in [0.1, 0.15) is 31.1 Å². The Morgan fingerprint density at radius 2 is 1.48 bits per heavy atom. The first-order chi connectivity index (χ1) is 9.99. The molecule has 2 rings (SSSR count). The van der Waals surface area contributed by atoms with Crippen molar-refractivity contribution in [2.24, 2.45) is 5.73 Å². The third kappa shape index (κ3) is 3.24. The minimum absolute atomic E-state index is 0.000365. The molecule has 0 aromatic heterocycles. The van der Waals surface area contributed by atoms with E-state index in [4.69, 9.17) is 10.8 Å². The minimum atomic E-state index is -1.13. The zero-order valence-corrected chi connectivity index (χ0v) is 10.9. The SMILES string of the molecule is NC(=O)c1ccc(C(=O)Nc2ccccc2C(=O)O)cc1. The van der Waals surface area contributed by atoms with E-state index < -0.39 is 17.8 Å². The molecule has 0 aliphatic rings. The third-order valence-corrected chi connectivity index (χ3v) is 2.84. The number of carbonyl (C=O) groups is 3. The molecular formula is C15H12N2O4. The fourth-order valence-electron chi connectivity index (χ4n) is 1.76. The van der Waals surface area contributed by atoms with Crippen LogP contribution in [0.4, 0.5) is 5.69 Å². The number of rotatable bonds is 4. The highest BCUT2D eigenvalue weighted by Gasteiger charge is 2.13. The number of carbonyl (C=O) groups excluding carboxylic acids is 2. The Kier molecular flexibility index (Phi) is 3.99. The Bertz CT molecular complexity index is 708. The number of benzene rings is 2.